The molecular weight excluding hydrogens is 234 g/mol. The summed E-state index contributed by atoms with van der Waals surface area (Å²) in [6.45, 7) is 9.01. The molecule has 0 spiro atoms. The zero-order chi connectivity index (χ0) is 14.0. The fourth-order valence-electron chi connectivity index (χ4n) is 3.18. The first-order valence-corrected chi connectivity index (χ1v) is 7.15. The first-order valence-electron chi connectivity index (χ1n) is 7.15. The molecule has 1 fully saturated rings. The Morgan fingerprint density at radius 3 is 2.68 bits per heavy atom. The molecule has 19 heavy (non-hydrogen) atoms. The van der Waals surface area contributed by atoms with Crippen LogP contribution in [0.5, 0.6) is 0 Å². The van der Waals surface area contributed by atoms with Gasteiger partial charge in [-0.2, -0.15) is 0 Å². The number of likely N-dealkylation sites (tertiary alicyclic amines) is 1. The van der Waals surface area contributed by atoms with Gasteiger partial charge in [-0.3, -0.25) is 10.3 Å². The lowest BCUT2D eigenvalue weighted by atomic mass is 9.85. The van der Waals surface area contributed by atoms with Crippen LogP contribution in [0.15, 0.2) is 24.3 Å². The van der Waals surface area contributed by atoms with Gasteiger partial charge in [-0.05, 0) is 30.7 Å². The molecule has 0 aliphatic carbocycles. The average Bonchev–Trinajstić information content (AvgIpc) is 2.35. The van der Waals surface area contributed by atoms with Crippen molar-refractivity contribution in [2.24, 2.45) is 17.6 Å². The Hall–Kier alpha value is -1.35. The van der Waals surface area contributed by atoms with Crippen LogP contribution in [0.2, 0.25) is 0 Å². The van der Waals surface area contributed by atoms with Crippen LogP contribution in [-0.4, -0.2) is 23.3 Å². The van der Waals surface area contributed by atoms with E-state index in [9.17, 15) is 0 Å². The van der Waals surface area contributed by atoms with Gasteiger partial charge in [-0.15, -0.1) is 0 Å². The number of hydrogen-bond donors (Lipinski definition) is 2. The van der Waals surface area contributed by atoms with Crippen LogP contribution in [0.1, 0.15) is 38.3 Å². The summed E-state index contributed by atoms with van der Waals surface area (Å²) in [6.07, 6.45) is 1.31. The third kappa shape index (κ3) is 3.16. The topological polar surface area (TPSA) is 53.1 Å². The maximum absolute atomic E-state index is 7.68. The van der Waals surface area contributed by atoms with E-state index in [0.29, 0.717) is 6.04 Å². The molecule has 3 unspecified atom stereocenters. The molecule has 1 heterocycles. The van der Waals surface area contributed by atoms with E-state index in [1.165, 1.54) is 12.0 Å². The van der Waals surface area contributed by atoms with E-state index in [1.54, 1.807) is 0 Å². The lowest BCUT2D eigenvalue weighted by Crippen LogP contribution is -2.45. The predicted octanol–water partition coefficient (Wildman–Crippen LogP) is 2.84. The second kappa shape index (κ2) is 5.74. The van der Waals surface area contributed by atoms with E-state index in [1.807, 2.05) is 18.2 Å². The van der Waals surface area contributed by atoms with Gasteiger partial charge in [0.25, 0.3) is 0 Å². The Kier molecular flexibility index (Phi) is 4.25. The minimum atomic E-state index is 0.168. The van der Waals surface area contributed by atoms with Gasteiger partial charge in [0.05, 0.1) is 0 Å². The molecule has 1 aliphatic heterocycles. The van der Waals surface area contributed by atoms with Crippen molar-refractivity contribution in [3.8, 4) is 0 Å². The molecule has 0 saturated carbocycles. The summed E-state index contributed by atoms with van der Waals surface area (Å²) >= 11 is 0. The Balaban J connectivity index is 2.18. The number of nitrogen functional groups attached to an aromatic ring is 1. The minimum absolute atomic E-state index is 0.168. The Bertz CT molecular complexity index is 455. The summed E-state index contributed by atoms with van der Waals surface area (Å²) in [4.78, 5) is 2.53. The van der Waals surface area contributed by atoms with Gasteiger partial charge in [0.15, 0.2) is 0 Å². The van der Waals surface area contributed by atoms with Crippen LogP contribution in [-0.2, 0) is 6.54 Å². The molecule has 0 radical (unpaired) electrons. The molecule has 1 aromatic carbocycles. The van der Waals surface area contributed by atoms with Crippen LogP contribution >= 0.6 is 0 Å². The van der Waals surface area contributed by atoms with Crippen LogP contribution in [0.3, 0.4) is 0 Å². The standard InChI is InChI=1S/C16H25N3/c1-11-8-12(2)13(3)19(9-11)10-14-6-4-5-7-15(14)16(17)18/h4-7,11-13H,8-10H2,1-3H3,(H3,17,18). The second-order valence-corrected chi connectivity index (χ2v) is 6.06. The van der Waals surface area contributed by atoms with E-state index >= 15 is 0 Å². The molecule has 104 valence electrons. The molecule has 3 N–H and O–H groups in total. The second-order valence-electron chi connectivity index (χ2n) is 6.06. The van der Waals surface area contributed by atoms with E-state index in [-0.39, 0.29) is 5.84 Å². The summed E-state index contributed by atoms with van der Waals surface area (Å²) in [5.41, 5.74) is 7.72. The Morgan fingerprint density at radius 2 is 2.00 bits per heavy atom. The van der Waals surface area contributed by atoms with Gasteiger partial charge >= 0.3 is 0 Å². The van der Waals surface area contributed by atoms with E-state index in [0.717, 1.165) is 30.5 Å². The summed E-state index contributed by atoms with van der Waals surface area (Å²) < 4.78 is 0. The lowest BCUT2D eigenvalue weighted by molar-refractivity contribution is 0.0729. The number of nitrogens with two attached hydrogens (primary N) is 1. The van der Waals surface area contributed by atoms with Gasteiger partial charge in [-0.1, -0.05) is 38.1 Å². The number of piperidine rings is 1. The third-order valence-electron chi connectivity index (χ3n) is 4.40. The van der Waals surface area contributed by atoms with Crippen molar-refractivity contribution in [2.45, 2.75) is 39.8 Å². The van der Waals surface area contributed by atoms with E-state index in [4.69, 9.17) is 11.1 Å². The zero-order valence-electron chi connectivity index (χ0n) is 12.2. The highest BCUT2D eigenvalue weighted by atomic mass is 15.2. The number of nitrogens with zero attached hydrogens (tertiary/aromatic N) is 1. The number of amidine groups is 1. The van der Waals surface area contributed by atoms with Crippen LogP contribution in [0, 0.1) is 17.2 Å². The van der Waals surface area contributed by atoms with Crippen molar-refractivity contribution in [3.63, 3.8) is 0 Å². The minimum Gasteiger partial charge on any atom is -0.384 e. The molecule has 1 aliphatic rings. The van der Waals surface area contributed by atoms with Crippen molar-refractivity contribution in [1.29, 1.82) is 5.41 Å². The SMILES string of the molecule is CC1CC(C)C(C)N(Cc2ccccc2C(=N)N)C1. The van der Waals surface area contributed by atoms with Gasteiger partial charge in [0, 0.05) is 24.7 Å². The van der Waals surface area contributed by atoms with Crippen molar-refractivity contribution < 1.29 is 0 Å². The molecule has 1 aromatic rings. The molecule has 3 nitrogen and oxygen atoms in total. The van der Waals surface area contributed by atoms with E-state index in [2.05, 4.69) is 31.7 Å². The molecule has 3 heteroatoms. The Morgan fingerprint density at radius 1 is 1.32 bits per heavy atom. The zero-order valence-corrected chi connectivity index (χ0v) is 12.2. The van der Waals surface area contributed by atoms with Crippen LogP contribution in [0.4, 0.5) is 0 Å². The summed E-state index contributed by atoms with van der Waals surface area (Å²) in [5.74, 6) is 1.64. The molecule has 0 bridgehead atoms. The quantitative estimate of drug-likeness (QED) is 0.648. The predicted molar refractivity (Wildman–Crippen MR) is 80.3 cm³/mol. The number of benzene rings is 1. The van der Waals surface area contributed by atoms with Crippen LogP contribution in [0.25, 0.3) is 0 Å². The Labute approximate surface area is 116 Å². The van der Waals surface area contributed by atoms with Gasteiger partial charge in [-0.25, -0.2) is 0 Å². The number of nitrogens with one attached hydrogen (secondary N) is 1. The number of hydrogen-bond acceptors (Lipinski definition) is 2. The molecule has 1 saturated heterocycles. The highest BCUT2D eigenvalue weighted by Crippen LogP contribution is 2.28. The third-order valence-corrected chi connectivity index (χ3v) is 4.40. The first kappa shape index (κ1) is 14.1. The summed E-state index contributed by atoms with van der Waals surface area (Å²) in [5, 5.41) is 7.68. The van der Waals surface area contributed by atoms with Crippen molar-refractivity contribution >= 4 is 5.84 Å². The fourth-order valence-corrected chi connectivity index (χ4v) is 3.18. The van der Waals surface area contributed by atoms with Gasteiger partial charge in [0.2, 0.25) is 0 Å². The highest BCUT2D eigenvalue weighted by Gasteiger charge is 2.28. The van der Waals surface area contributed by atoms with Crippen molar-refractivity contribution in [3.05, 3.63) is 35.4 Å². The monoisotopic (exact) mass is 259 g/mol. The molecule has 0 amide bonds. The molecule has 2 rings (SSSR count). The summed E-state index contributed by atoms with van der Waals surface area (Å²) in [7, 11) is 0. The van der Waals surface area contributed by atoms with Crippen LogP contribution < -0.4 is 5.73 Å². The lowest BCUT2D eigenvalue weighted by Gasteiger charge is -2.41. The first-order chi connectivity index (χ1) is 8.99. The number of rotatable bonds is 3. The van der Waals surface area contributed by atoms with Crippen molar-refractivity contribution in [1.82, 2.24) is 4.90 Å². The smallest absolute Gasteiger partial charge is 0.123 e. The molecule has 3 atom stereocenters. The van der Waals surface area contributed by atoms with Gasteiger partial charge < -0.3 is 5.73 Å². The molecule has 0 aromatic heterocycles. The molecular formula is C16H25N3. The summed E-state index contributed by atoms with van der Waals surface area (Å²) in [6, 6.07) is 8.61. The maximum Gasteiger partial charge on any atom is 0.123 e. The normalized spacial score (nSPS) is 28.3. The highest BCUT2D eigenvalue weighted by molar-refractivity contribution is 5.96. The largest absolute Gasteiger partial charge is 0.384 e. The van der Waals surface area contributed by atoms with Crippen molar-refractivity contribution in [2.75, 3.05) is 6.54 Å². The fraction of sp³-hybridized carbons (Fsp3) is 0.562. The van der Waals surface area contributed by atoms with E-state index < -0.39 is 0 Å². The maximum atomic E-state index is 7.68. The van der Waals surface area contributed by atoms with Gasteiger partial charge in [0.1, 0.15) is 5.84 Å². The average molecular weight is 259 g/mol.